The molecule has 2 aliphatic heterocycles. The molecule has 7 heteroatoms. The van der Waals surface area contributed by atoms with Crippen molar-refractivity contribution in [2.45, 2.75) is 38.6 Å². The molecule has 1 saturated heterocycles. The molecule has 0 aliphatic carbocycles. The molecular weight excluding hydrogens is 304 g/mol. The van der Waals surface area contributed by atoms with Gasteiger partial charge in [-0.05, 0) is 25.5 Å². The molecule has 0 saturated carbocycles. The Bertz CT molecular complexity index is 599. The van der Waals surface area contributed by atoms with E-state index in [1.807, 2.05) is 38.1 Å². The summed E-state index contributed by atoms with van der Waals surface area (Å²) in [5, 5.41) is 0. The average Bonchev–Trinajstić information content (AvgIpc) is 2.87. The van der Waals surface area contributed by atoms with Gasteiger partial charge >= 0.3 is 0 Å². The van der Waals surface area contributed by atoms with Crippen molar-refractivity contribution in [3.05, 3.63) is 29.8 Å². The van der Waals surface area contributed by atoms with E-state index in [1.54, 1.807) is 0 Å². The number of benzene rings is 1. The van der Waals surface area contributed by atoms with Crippen molar-refractivity contribution >= 4 is 10.2 Å². The maximum Gasteiger partial charge on any atom is 0.279 e. The number of morpholine rings is 1. The van der Waals surface area contributed by atoms with E-state index >= 15 is 0 Å². The van der Waals surface area contributed by atoms with Crippen LogP contribution in [0.1, 0.15) is 19.4 Å². The van der Waals surface area contributed by atoms with Crippen molar-refractivity contribution < 1.29 is 17.9 Å². The van der Waals surface area contributed by atoms with Gasteiger partial charge < -0.3 is 9.47 Å². The van der Waals surface area contributed by atoms with Crippen molar-refractivity contribution in [2.75, 3.05) is 19.6 Å². The van der Waals surface area contributed by atoms with Crippen molar-refractivity contribution in [3.8, 4) is 5.75 Å². The molecule has 0 radical (unpaired) electrons. The first-order chi connectivity index (χ1) is 10.4. The Morgan fingerprint density at radius 2 is 1.91 bits per heavy atom. The lowest BCUT2D eigenvalue weighted by Crippen LogP contribution is -2.53. The first-order valence-corrected chi connectivity index (χ1v) is 9.03. The van der Waals surface area contributed by atoms with Gasteiger partial charge in [0.05, 0.1) is 12.2 Å². The molecule has 0 aromatic heterocycles. The van der Waals surface area contributed by atoms with Gasteiger partial charge in [0, 0.05) is 26.1 Å². The quantitative estimate of drug-likeness (QED) is 0.894. The van der Waals surface area contributed by atoms with Crippen molar-refractivity contribution in [3.63, 3.8) is 0 Å². The number of para-hydroxylation sites is 1. The molecule has 1 N–H and O–H groups in total. The molecule has 2 heterocycles. The highest BCUT2D eigenvalue weighted by molar-refractivity contribution is 7.87. The lowest BCUT2D eigenvalue weighted by Gasteiger charge is -2.34. The molecule has 0 amide bonds. The molecule has 22 heavy (non-hydrogen) atoms. The number of nitrogens with one attached hydrogen (secondary N) is 1. The summed E-state index contributed by atoms with van der Waals surface area (Å²) in [5.41, 5.74) is 1.13. The molecule has 1 aromatic carbocycles. The Kier molecular flexibility index (Phi) is 4.40. The Morgan fingerprint density at radius 1 is 1.23 bits per heavy atom. The minimum absolute atomic E-state index is 0.0905. The van der Waals surface area contributed by atoms with Crippen LogP contribution in [-0.2, 0) is 21.4 Å². The molecule has 122 valence electrons. The smallest absolute Gasteiger partial charge is 0.279 e. The predicted octanol–water partition coefficient (Wildman–Crippen LogP) is 0.934. The van der Waals surface area contributed by atoms with Gasteiger partial charge in [0.25, 0.3) is 10.2 Å². The van der Waals surface area contributed by atoms with E-state index in [2.05, 4.69) is 4.72 Å². The molecule has 0 bridgehead atoms. The lowest BCUT2D eigenvalue weighted by atomic mass is 10.1. The number of hydrogen-bond donors (Lipinski definition) is 1. The van der Waals surface area contributed by atoms with Gasteiger partial charge in [-0.25, -0.2) is 0 Å². The summed E-state index contributed by atoms with van der Waals surface area (Å²) in [6.07, 6.45) is 0.400. The first-order valence-electron chi connectivity index (χ1n) is 7.59. The largest absolute Gasteiger partial charge is 0.488 e. The Hall–Kier alpha value is -1.15. The summed E-state index contributed by atoms with van der Waals surface area (Å²) in [7, 11) is -3.50. The summed E-state index contributed by atoms with van der Waals surface area (Å²) < 4.78 is 40.3. The summed E-state index contributed by atoms with van der Waals surface area (Å²) in [4.78, 5) is 0. The van der Waals surface area contributed by atoms with Crippen molar-refractivity contribution in [1.29, 1.82) is 0 Å². The van der Waals surface area contributed by atoms with Crippen molar-refractivity contribution in [1.82, 2.24) is 9.03 Å². The van der Waals surface area contributed by atoms with Crippen LogP contribution < -0.4 is 9.46 Å². The summed E-state index contributed by atoms with van der Waals surface area (Å²) in [6, 6.07) is 7.80. The number of hydrogen-bond acceptors (Lipinski definition) is 4. The topological polar surface area (TPSA) is 67.9 Å². The second kappa shape index (κ2) is 6.16. The van der Waals surface area contributed by atoms with Crippen LogP contribution in [0.15, 0.2) is 24.3 Å². The summed E-state index contributed by atoms with van der Waals surface area (Å²) in [6.45, 7) is 4.80. The fraction of sp³-hybridized carbons (Fsp3) is 0.600. The highest BCUT2D eigenvalue weighted by Gasteiger charge is 2.32. The SMILES string of the molecule is C[C@@H]1CN(S(=O)(=O)NC[C@@H]2Cc3ccccc3O2)C[C@@H](C)O1. The highest BCUT2D eigenvalue weighted by Crippen LogP contribution is 2.27. The van der Waals surface area contributed by atoms with Crippen LogP contribution in [0.25, 0.3) is 0 Å². The minimum Gasteiger partial charge on any atom is -0.488 e. The van der Waals surface area contributed by atoms with Gasteiger partial charge in [-0.1, -0.05) is 18.2 Å². The van der Waals surface area contributed by atoms with E-state index < -0.39 is 10.2 Å². The third-order valence-corrected chi connectivity index (χ3v) is 5.44. The molecule has 1 fully saturated rings. The van der Waals surface area contributed by atoms with Crippen molar-refractivity contribution in [2.24, 2.45) is 0 Å². The van der Waals surface area contributed by atoms with Gasteiger partial charge in [-0.15, -0.1) is 0 Å². The van der Waals surface area contributed by atoms with Crippen LogP contribution in [0.5, 0.6) is 5.75 Å². The zero-order chi connectivity index (χ0) is 15.7. The van der Waals surface area contributed by atoms with Gasteiger partial charge in [-0.3, -0.25) is 0 Å². The van der Waals surface area contributed by atoms with Gasteiger partial charge in [0.1, 0.15) is 11.9 Å². The van der Waals surface area contributed by atoms with Gasteiger partial charge in [0.2, 0.25) is 0 Å². The zero-order valence-electron chi connectivity index (χ0n) is 12.9. The van der Waals surface area contributed by atoms with Crippen LogP contribution in [0.2, 0.25) is 0 Å². The minimum atomic E-state index is -3.50. The Morgan fingerprint density at radius 3 is 2.59 bits per heavy atom. The molecule has 1 aromatic rings. The van der Waals surface area contributed by atoms with Crippen LogP contribution in [0, 0.1) is 0 Å². The fourth-order valence-electron chi connectivity index (χ4n) is 2.98. The molecule has 3 rings (SSSR count). The maximum atomic E-state index is 12.4. The number of ether oxygens (including phenoxy) is 2. The standard InChI is InChI=1S/C15H22N2O4S/c1-11-9-17(10-12(2)20-11)22(18,19)16-8-14-7-13-5-3-4-6-15(13)21-14/h3-6,11-12,14,16H,7-10H2,1-2H3/t11-,12-,14+/m1/s1. The first kappa shape index (κ1) is 15.7. The second-order valence-electron chi connectivity index (χ2n) is 5.98. The molecule has 6 nitrogen and oxygen atoms in total. The molecule has 0 unspecified atom stereocenters. The molecule has 3 atom stereocenters. The van der Waals surface area contributed by atoms with E-state index in [-0.39, 0.29) is 24.9 Å². The number of rotatable bonds is 4. The van der Waals surface area contributed by atoms with E-state index in [1.165, 1.54) is 4.31 Å². The predicted molar refractivity (Wildman–Crippen MR) is 83.1 cm³/mol. The average molecular weight is 326 g/mol. The van der Waals surface area contributed by atoms with Crippen LogP contribution in [0.3, 0.4) is 0 Å². The molecule has 2 aliphatic rings. The summed E-state index contributed by atoms with van der Waals surface area (Å²) >= 11 is 0. The lowest BCUT2D eigenvalue weighted by molar-refractivity contribution is -0.0444. The second-order valence-corrected chi connectivity index (χ2v) is 7.73. The monoisotopic (exact) mass is 326 g/mol. The highest BCUT2D eigenvalue weighted by atomic mass is 32.2. The maximum absolute atomic E-state index is 12.4. The van der Waals surface area contributed by atoms with E-state index in [9.17, 15) is 8.42 Å². The van der Waals surface area contributed by atoms with Crippen LogP contribution >= 0.6 is 0 Å². The fourth-order valence-corrected chi connectivity index (χ4v) is 4.38. The zero-order valence-corrected chi connectivity index (χ0v) is 13.7. The van der Waals surface area contributed by atoms with E-state index in [0.717, 1.165) is 17.7 Å². The van der Waals surface area contributed by atoms with E-state index in [0.29, 0.717) is 13.1 Å². The summed E-state index contributed by atoms with van der Waals surface area (Å²) in [5.74, 6) is 0.848. The Labute approximate surface area is 131 Å². The number of nitrogens with zero attached hydrogens (tertiary/aromatic N) is 1. The van der Waals surface area contributed by atoms with Gasteiger partial charge in [-0.2, -0.15) is 17.4 Å². The normalized spacial score (nSPS) is 29.1. The van der Waals surface area contributed by atoms with E-state index in [4.69, 9.17) is 9.47 Å². The van der Waals surface area contributed by atoms with Crippen LogP contribution in [-0.4, -0.2) is 50.7 Å². The van der Waals surface area contributed by atoms with Crippen LogP contribution in [0.4, 0.5) is 0 Å². The Balaban J connectivity index is 1.57. The van der Waals surface area contributed by atoms with Gasteiger partial charge in [0.15, 0.2) is 0 Å². The number of fused-ring (bicyclic) bond motifs is 1. The third-order valence-electron chi connectivity index (χ3n) is 3.93. The molecule has 0 spiro atoms. The molecular formula is C15H22N2O4S. The third kappa shape index (κ3) is 3.43.